The van der Waals surface area contributed by atoms with Crippen LogP contribution in [0.25, 0.3) is 11.2 Å². The third-order valence-corrected chi connectivity index (χ3v) is 3.57. The molecule has 1 aliphatic rings. The van der Waals surface area contributed by atoms with Gasteiger partial charge in [-0.05, 0) is 25.7 Å². The van der Waals surface area contributed by atoms with Gasteiger partial charge >= 0.3 is 0 Å². The molecule has 1 saturated carbocycles. The lowest BCUT2D eigenvalue weighted by Crippen LogP contribution is -2.26. The molecule has 0 aromatic carbocycles. The van der Waals surface area contributed by atoms with E-state index in [0.29, 0.717) is 28.9 Å². The Balaban J connectivity index is 1.96. The summed E-state index contributed by atoms with van der Waals surface area (Å²) in [4.78, 5) is 15.7. The van der Waals surface area contributed by atoms with Crippen LogP contribution in [0.3, 0.4) is 0 Å². The minimum Gasteiger partial charge on any atom is -0.382 e. The number of hydrogen-bond donors (Lipinski definition) is 4. The van der Waals surface area contributed by atoms with Crippen LogP contribution in [0.2, 0.25) is 0 Å². The van der Waals surface area contributed by atoms with Crippen molar-refractivity contribution in [3.8, 4) is 0 Å². The average molecular weight is 247 g/mol. The zero-order valence-corrected chi connectivity index (χ0v) is 10.1. The third-order valence-electron chi connectivity index (χ3n) is 3.57. The van der Waals surface area contributed by atoms with E-state index in [1.165, 1.54) is 0 Å². The van der Waals surface area contributed by atoms with Gasteiger partial charge in [0, 0.05) is 12.0 Å². The van der Waals surface area contributed by atoms with Crippen molar-refractivity contribution in [1.82, 2.24) is 19.9 Å². The first-order valence-electron chi connectivity index (χ1n) is 6.17. The molecule has 0 saturated heterocycles. The molecule has 1 fully saturated rings. The second-order valence-corrected chi connectivity index (χ2v) is 4.90. The Hall–Kier alpha value is -1.89. The Bertz CT molecular complexity index is 568. The van der Waals surface area contributed by atoms with E-state index >= 15 is 0 Å². The van der Waals surface area contributed by atoms with Crippen LogP contribution in [0.4, 0.5) is 11.8 Å². The Labute approximate surface area is 104 Å². The normalized spacial score (nSPS) is 24.5. The van der Waals surface area contributed by atoms with Gasteiger partial charge in [0.05, 0.1) is 0 Å². The summed E-state index contributed by atoms with van der Waals surface area (Å²) in [6.45, 7) is 0. The first-order chi connectivity index (χ1) is 8.63. The van der Waals surface area contributed by atoms with Gasteiger partial charge in [-0.3, -0.25) is 0 Å². The Morgan fingerprint density at radius 2 is 1.72 bits per heavy atom. The molecule has 96 valence electrons. The molecule has 0 spiro atoms. The van der Waals surface area contributed by atoms with Crippen molar-refractivity contribution in [2.45, 2.75) is 37.6 Å². The fourth-order valence-corrected chi connectivity index (χ4v) is 2.54. The number of aromatic amines is 1. The van der Waals surface area contributed by atoms with Crippen molar-refractivity contribution in [3.63, 3.8) is 0 Å². The third kappa shape index (κ3) is 1.86. The highest BCUT2D eigenvalue weighted by atomic mass is 15.1. The first-order valence-corrected chi connectivity index (χ1v) is 6.17. The molecule has 0 aliphatic heterocycles. The molecule has 7 N–H and O–H groups in total. The maximum Gasteiger partial charge on any atom is 0.224 e. The number of H-pyrrole nitrogens is 1. The Morgan fingerprint density at radius 1 is 1.00 bits per heavy atom. The van der Waals surface area contributed by atoms with Gasteiger partial charge in [0.15, 0.2) is 11.5 Å². The molecule has 7 nitrogen and oxygen atoms in total. The SMILES string of the molecule is Nc1nc(N)c2[nH]c(C3CCC(N)CC3)nc2n1. The number of hydrogen-bond acceptors (Lipinski definition) is 6. The number of nitrogens with zero attached hydrogens (tertiary/aromatic N) is 3. The lowest BCUT2D eigenvalue weighted by atomic mass is 9.86. The topological polar surface area (TPSA) is 133 Å². The largest absolute Gasteiger partial charge is 0.382 e. The molecule has 0 radical (unpaired) electrons. The van der Waals surface area contributed by atoms with Crippen LogP contribution in [0, 0.1) is 0 Å². The second kappa shape index (κ2) is 4.09. The van der Waals surface area contributed by atoms with Crippen molar-refractivity contribution in [2.75, 3.05) is 11.5 Å². The van der Waals surface area contributed by atoms with Gasteiger partial charge in [0.25, 0.3) is 0 Å². The van der Waals surface area contributed by atoms with Crippen molar-refractivity contribution in [3.05, 3.63) is 5.82 Å². The zero-order chi connectivity index (χ0) is 12.7. The van der Waals surface area contributed by atoms with Gasteiger partial charge < -0.3 is 22.2 Å². The first kappa shape index (κ1) is 11.2. The van der Waals surface area contributed by atoms with Gasteiger partial charge in [0.1, 0.15) is 11.3 Å². The summed E-state index contributed by atoms with van der Waals surface area (Å²) < 4.78 is 0. The highest BCUT2D eigenvalue weighted by molar-refractivity contribution is 5.82. The van der Waals surface area contributed by atoms with E-state index < -0.39 is 0 Å². The van der Waals surface area contributed by atoms with Gasteiger partial charge in [-0.2, -0.15) is 9.97 Å². The summed E-state index contributed by atoms with van der Waals surface area (Å²) in [6, 6.07) is 0.325. The van der Waals surface area contributed by atoms with Crippen molar-refractivity contribution in [1.29, 1.82) is 0 Å². The van der Waals surface area contributed by atoms with Crippen LogP contribution in [0.1, 0.15) is 37.4 Å². The van der Waals surface area contributed by atoms with Gasteiger partial charge in [-0.25, -0.2) is 4.98 Å². The second-order valence-electron chi connectivity index (χ2n) is 4.90. The van der Waals surface area contributed by atoms with E-state index in [2.05, 4.69) is 19.9 Å². The maximum atomic E-state index is 5.90. The molecular weight excluding hydrogens is 230 g/mol. The molecule has 2 heterocycles. The standard InChI is InChI=1S/C11H17N7/c12-6-3-1-5(2-4-6)9-15-7-8(13)16-11(14)18-10(7)17-9/h5-6H,1-4,12H2,(H5,13,14,15,16,17,18). The van der Waals surface area contributed by atoms with Crippen molar-refractivity contribution >= 4 is 22.9 Å². The van der Waals surface area contributed by atoms with E-state index in [4.69, 9.17) is 17.2 Å². The van der Waals surface area contributed by atoms with Crippen LogP contribution in [-0.2, 0) is 0 Å². The van der Waals surface area contributed by atoms with Crippen LogP contribution in [0.15, 0.2) is 0 Å². The maximum absolute atomic E-state index is 5.90. The molecule has 0 atom stereocenters. The van der Waals surface area contributed by atoms with Crippen LogP contribution in [0.5, 0.6) is 0 Å². The number of nitrogens with two attached hydrogens (primary N) is 3. The van der Waals surface area contributed by atoms with Crippen molar-refractivity contribution < 1.29 is 0 Å². The van der Waals surface area contributed by atoms with Crippen LogP contribution >= 0.6 is 0 Å². The highest BCUT2D eigenvalue weighted by Gasteiger charge is 2.23. The van der Waals surface area contributed by atoms with Gasteiger partial charge in [-0.1, -0.05) is 0 Å². The fourth-order valence-electron chi connectivity index (χ4n) is 2.54. The predicted octanol–water partition coefficient (Wildman–Crippen LogP) is 0.502. The molecule has 2 aromatic heterocycles. The molecule has 2 aromatic rings. The Morgan fingerprint density at radius 3 is 2.44 bits per heavy atom. The molecule has 0 amide bonds. The zero-order valence-electron chi connectivity index (χ0n) is 10.1. The summed E-state index contributed by atoms with van der Waals surface area (Å²) in [6.07, 6.45) is 4.16. The van der Waals surface area contributed by atoms with Gasteiger partial charge in [-0.15, -0.1) is 0 Å². The number of nitrogen functional groups attached to an aromatic ring is 2. The van der Waals surface area contributed by atoms with E-state index in [0.717, 1.165) is 31.5 Å². The number of anilines is 2. The van der Waals surface area contributed by atoms with E-state index in [1.807, 2.05) is 0 Å². The minimum absolute atomic E-state index is 0.156. The molecular formula is C11H17N7. The number of aromatic nitrogens is 4. The van der Waals surface area contributed by atoms with Gasteiger partial charge in [0.2, 0.25) is 5.95 Å². The molecule has 0 bridgehead atoms. The number of fused-ring (bicyclic) bond motifs is 1. The molecule has 7 heteroatoms. The van der Waals surface area contributed by atoms with Crippen LogP contribution < -0.4 is 17.2 Å². The summed E-state index contributed by atoms with van der Waals surface area (Å²) in [5.74, 6) is 1.83. The summed E-state index contributed by atoms with van der Waals surface area (Å²) >= 11 is 0. The summed E-state index contributed by atoms with van der Waals surface area (Å²) in [5.41, 5.74) is 18.5. The lowest BCUT2D eigenvalue weighted by Gasteiger charge is -2.24. The van der Waals surface area contributed by atoms with Crippen LogP contribution in [-0.4, -0.2) is 26.0 Å². The monoisotopic (exact) mass is 247 g/mol. The fraction of sp³-hybridized carbons (Fsp3) is 0.545. The minimum atomic E-state index is 0.156. The summed E-state index contributed by atoms with van der Waals surface area (Å²) in [7, 11) is 0. The summed E-state index contributed by atoms with van der Waals surface area (Å²) in [5, 5.41) is 0. The molecule has 18 heavy (non-hydrogen) atoms. The molecule has 1 aliphatic carbocycles. The lowest BCUT2D eigenvalue weighted by molar-refractivity contribution is 0.386. The smallest absolute Gasteiger partial charge is 0.224 e. The number of rotatable bonds is 1. The molecule has 3 rings (SSSR count). The average Bonchev–Trinajstić information content (AvgIpc) is 2.74. The highest BCUT2D eigenvalue weighted by Crippen LogP contribution is 2.32. The van der Waals surface area contributed by atoms with E-state index in [9.17, 15) is 0 Å². The van der Waals surface area contributed by atoms with E-state index in [1.54, 1.807) is 0 Å². The number of imidazole rings is 1. The van der Waals surface area contributed by atoms with E-state index in [-0.39, 0.29) is 5.95 Å². The number of nitrogens with one attached hydrogen (secondary N) is 1. The quantitative estimate of drug-likeness (QED) is 0.580. The predicted molar refractivity (Wildman–Crippen MR) is 69.7 cm³/mol. The van der Waals surface area contributed by atoms with Crippen molar-refractivity contribution in [2.24, 2.45) is 5.73 Å². The Kier molecular flexibility index (Phi) is 2.55. The molecule has 0 unspecified atom stereocenters.